The summed E-state index contributed by atoms with van der Waals surface area (Å²) in [5.41, 5.74) is 16.5. The van der Waals surface area contributed by atoms with E-state index in [0.717, 1.165) is 6.42 Å². The number of thioether (sulfide) groups is 1. The number of carboxylic acid groups (broad SMARTS) is 1. The van der Waals surface area contributed by atoms with Gasteiger partial charge in [-0.3, -0.25) is 19.2 Å². The zero-order chi connectivity index (χ0) is 27.0. The molecule has 35 heavy (non-hydrogen) atoms. The number of carbonyl (C=O) groups excluding carboxylic acids is 4. The first-order valence-electron chi connectivity index (χ1n) is 11.8. The zero-order valence-electron chi connectivity index (χ0n) is 20.9. The van der Waals surface area contributed by atoms with Crippen LogP contribution in [0.4, 0.5) is 0 Å². The van der Waals surface area contributed by atoms with Gasteiger partial charge >= 0.3 is 5.97 Å². The van der Waals surface area contributed by atoms with Crippen LogP contribution in [-0.2, 0) is 24.0 Å². The van der Waals surface area contributed by atoms with E-state index >= 15 is 0 Å². The quantitative estimate of drug-likeness (QED) is 0.105. The first-order chi connectivity index (χ1) is 16.4. The number of aliphatic carboxylic acids is 1. The Morgan fingerprint density at radius 1 is 0.857 bits per heavy atom. The van der Waals surface area contributed by atoms with E-state index in [1.807, 2.05) is 20.1 Å². The lowest BCUT2D eigenvalue weighted by Crippen LogP contribution is -2.57. The van der Waals surface area contributed by atoms with Gasteiger partial charge in [0.25, 0.3) is 0 Å². The van der Waals surface area contributed by atoms with Crippen LogP contribution in [-0.4, -0.2) is 77.4 Å². The van der Waals surface area contributed by atoms with Gasteiger partial charge in [-0.15, -0.1) is 0 Å². The number of nitrogens with two attached hydrogens (primary N) is 3. The molecule has 202 valence electrons. The second kappa shape index (κ2) is 18.0. The van der Waals surface area contributed by atoms with E-state index < -0.39 is 53.8 Å². The van der Waals surface area contributed by atoms with Gasteiger partial charge in [0.05, 0.1) is 6.04 Å². The number of primary amides is 1. The molecule has 0 bridgehead atoms. The highest BCUT2D eigenvalue weighted by Gasteiger charge is 2.30. The van der Waals surface area contributed by atoms with E-state index in [0.29, 0.717) is 31.6 Å². The van der Waals surface area contributed by atoms with Gasteiger partial charge in [-0.2, -0.15) is 11.8 Å². The summed E-state index contributed by atoms with van der Waals surface area (Å²) in [7, 11) is 0. The average Bonchev–Trinajstić information content (AvgIpc) is 2.77. The minimum absolute atomic E-state index is 0.0585. The fraction of sp³-hybridized carbons (Fsp3) is 0.773. The van der Waals surface area contributed by atoms with E-state index in [1.54, 1.807) is 0 Å². The van der Waals surface area contributed by atoms with E-state index in [1.165, 1.54) is 11.8 Å². The van der Waals surface area contributed by atoms with Crippen molar-refractivity contribution in [2.45, 2.75) is 83.0 Å². The fourth-order valence-corrected chi connectivity index (χ4v) is 3.69. The van der Waals surface area contributed by atoms with Crippen LogP contribution < -0.4 is 33.2 Å². The highest BCUT2D eigenvalue weighted by Crippen LogP contribution is 2.09. The number of carbonyl (C=O) groups is 5. The molecule has 0 rings (SSSR count). The van der Waals surface area contributed by atoms with Crippen LogP contribution in [0.3, 0.4) is 0 Å². The summed E-state index contributed by atoms with van der Waals surface area (Å²) >= 11 is 1.45. The molecule has 4 atom stereocenters. The Morgan fingerprint density at radius 2 is 1.43 bits per heavy atom. The van der Waals surface area contributed by atoms with Gasteiger partial charge in [0.15, 0.2) is 0 Å². The molecule has 0 aromatic rings. The van der Waals surface area contributed by atoms with Gasteiger partial charge in [-0.05, 0) is 56.6 Å². The summed E-state index contributed by atoms with van der Waals surface area (Å²) in [6.07, 6.45) is 3.85. The first-order valence-corrected chi connectivity index (χ1v) is 13.2. The van der Waals surface area contributed by atoms with Crippen LogP contribution in [0.25, 0.3) is 0 Å². The molecular weight excluding hydrogens is 476 g/mol. The van der Waals surface area contributed by atoms with E-state index in [2.05, 4.69) is 16.0 Å². The Labute approximate surface area is 211 Å². The van der Waals surface area contributed by atoms with Crippen molar-refractivity contribution in [2.75, 3.05) is 18.6 Å². The molecule has 0 radical (unpaired) electrons. The molecule has 0 heterocycles. The summed E-state index contributed by atoms with van der Waals surface area (Å²) in [5.74, 6) is -3.16. The number of carboxylic acids is 1. The Balaban J connectivity index is 5.39. The van der Waals surface area contributed by atoms with Crippen LogP contribution in [0.15, 0.2) is 0 Å². The maximum atomic E-state index is 13.1. The maximum absolute atomic E-state index is 13.1. The molecule has 0 aromatic carbocycles. The smallest absolute Gasteiger partial charge is 0.326 e. The van der Waals surface area contributed by atoms with Crippen LogP contribution in [0.5, 0.6) is 0 Å². The standard InChI is InChI=1S/C22H42N6O6S/c1-13(2)12-17(28-19(30)14(24)6-4-5-10-23)21(32)26-15(9-11-35-3)20(31)27-16(22(33)34)7-8-18(25)29/h13-17H,4-12,23-24H2,1-3H3,(H2,25,29)(H,26,32)(H,27,31)(H,28,30)(H,33,34). The number of rotatable bonds is 19. The third kappa shape index (κ3) is 14.6. The summed E-state index contributed by atoms with van der Waals surface area (Å²) < 4.78 is 0. The molecule has 4 amide bonds. The predicted molar refractivity (Wildman–Crippen MR) is 135 cm³/mol. The number of hydrogen-bond acceptors (Lipinski definition) is 8. The highest BCUT2D eigenvalue weighted by molar-refractivity contribution is 7.98. The first kappa shape index (κ1) is 32.6. The molecule has 0 spiro atoms. The molecule has 0 aromatic heterocycles. The van der Waals surface area contributed by atoms with Crippen molar-refractivity contribution in [1.29, 1.82) is 0 Å². The molecule has 0 aliphatic carbocycles. The van der Waals surface area contributed by atoms with Gasteiger partial charge in [0.2, 0.25) is 23.6 Å². The van der Waals surface area contributed by atoms with Crippen molar-refractivity contribution in [1.82, 2.24) is 16.0 Å². The second-order valence-electron chi connectivity index (χ2n) is 8.83. The Kier molecular flexibility index (Phi) is 16.7. The maximum Gasteiger partial charge on any atom is 0.326 e. The molecule has 10 N–H and O–H groups in total. The normalized spacial score (nSPS) is 14.5. The summed E-state index contributed by atoms with van der Waals surface area (Å²) in [6.45, 7) is 4.28. The number of hydrogen-bond donors (Lipinski definition) is 7. The fourth-order valence-electron chi connectivity index (χ4n) is 3.21. The van der Waals surface area contributed by atoms with E-state index in [9.17, 15) is 29.1 Å². The topological polar surface area (TPSA) is 220 Å². The number of unbranched alkanes of at least 4 members (excludes halogenated alkanes) is 1. The van der Waals surface area contributed by atoms with Crippen molar-refractivity contribution in [2.24, 2.45) is 23.1 Å². The minimum atomic E-state index is -1.33. The van der Waals surface area contributed by atoms with Gasteiger partial charge in [0, 0.05) is 6.42 Å². The molecule has 13 heteroatoms. The lowest BCUT2D eigenvalue weighted by atomic mass is 10.0. The highest BCUT2D eigenvalue weighted by atomic mass is 32.2. The monoisotopic (exact) mass is 518 g/mol. The molecule has 12 nitrogen and oxygen atoms in total. The van der Waals surface area contributed by atoms with Crippen LogP contribution in [0.1, 0.15) is 58.8 Å². The minimum Gasteiger partial charge on any atom is -0.480 e. The molecular formula is C22H42N6O6S. The Hall–Kier alpha value is -2.38. The molecule has 0 aliphatic heterocycles. The lowest BCUT2D eigenvalue weighted by molar-refractivity contribution is -0.142. The number of nitrogens with one attached hydrogen (secondary N) is 3. The van der Waals surface area contributed by atoms with Crippen LogP contribution in [0.2, 0.25) is 0 Å². The largest absolute Gasteiger partial charge is 0.480 e. The third-order valence-corrected chi connectivity index (χ3v) is 5.83. The number of amides is 4. The second-order valence-corrected chi connectivity index (χ2v) is 9.81. The Morgan fingerprint density at radius 3 is 1.94 bits per heavy atom. The van der Waals surface area contributed by atoms with Crippen LogP contribution >= 0.6 is 11.8 Å². The SMILES string of the molecule is CSCCC(NC(=O)C(CC(C)C)NC(=O)C(N)CCCCN)C(=O)NC(CCC(N)=O)C(=O)O. The van der Waals surface area contributed by atoms with Crippen molar-refractivity contribution in [3.05, 3.63) is 0 Å². The van der Waals surface area contributed by atoms with Crippen LogP contribution in [0, 0.1) is 5.92 Å². The lowest BCUT2D eigenvalue weighted by Gasteiger charge is -2.26. The van der Waals surface area contributed by atoms with Crippen molar-refractivity contribution >= 4 is 41.4 Å². The molecule has 0 saturated heterocycles. The predicted octanol–water partition coefficient (Wildman–Crippen LogP) is -0.954. The molecule has 0 fully saturated rings. The zero-order valence-corrected chi connectivity index (χ0v) is 21.7. The molecule has 4 unspecified atom stereocenters. The van der Waals surface area contributed by atoms with Crippen molar-refractivity contribution in [3.8, 4) is 0 Å². The summed E-state index contributed by atoms with van der Waals surface area (Å²) in [4.78, 5) is 60.9. The third-order valence-electron chi connectivity index (χ3n) is 5.18. The van der Waals surface area contributed by atoms with E-state index in [4.69, 9.17) is 17.2 Å². The average molecular weight is 519 g/mol. The van der Waals surface area contributed by atoms with Gasteiger partial charge in [-0.25, -0.2) is 4.79 Å². The molecule has 0 saturated carbocycles. The van der Waals surface area contributed by atoms with Crippen molar-refractivity contribution < 1.29 is 29.1 Å². The Bertz CT molecular complexity index is 708. The van der Waals surface area contributed by atoms with Gasteiger partial charge < -0.3 is 38.3 Å². The molecule has 0 aliphatic rings. The summed E-state index contributed by atoms with van der Waals surface area (Å²) in [5, 5.41) is 17.1. The van der Waals surface area contributed by atoms with Gasteiger partial charge in [0.1, 0.15) is 18.1 Å². The van der Waals surface area contributed by atoms with E-state index in [-0.39, 0.29) is 25.2 Å². The summed E-state index contributed by atoms with van der Waals surface area (Å²) in [6, 6.07) is -4.07. The van der Waals surface area contributed by atoms with Crippen molar-refractivity contribution in [3.63, 3.8) is 0 Å². The van der Waals surface area contributed by atoms with Gasteiger partial charge in [-0.1, -0.05) is 20.3 Å².